The minimum Gasteiger partial charge on any atom is -0.330 e. The molecule has 3 nitrogen and oxygen atoms in total. The van der Waals surface area contributed by atoms with E-state index < -0.39 is 0 Å². The Labute approximate surface area is 62.9 Å². The second-order valence-corrected chi connectivity index (χ2v) is 2.37. The molecule has 0 aromatic carbocycles. The lowest BCUT2D eigenvalue weighted by Gasteiger charge is -2.11. The molecule has 0 rings (SSSR count). The minimum absolute atomic E-state index is 0.718. The summed E-state index contributed by atoms with van der Waals surface area (Å²) in [6, 6.07) is 0. The molecule has 0 aliphatic carbocycles. The zero-order chi connectivity index (χ0) is 7.82. The van der Waals surface area contributed by atoms with E-state index in [4.69, 9.17) is 17.2 Å². The second-order valence-electron chi connectivity index (χ2n) is 2.37. The van der Waals surface area contributed by atoms with Crippen molar-refractivity contribution in [2.75, 3.05) is 19.6 Å². The summed E-state index contributed by atoms with van der Waals surface area (Å²) < 4.78 is 0. The summed E-state index contributed by atoms with van der Waals surface area (Å²) in [5, 5.41) is 0. The van der Waals surface area contributed by atoms with Crippen LogP contribution in [0, 0.1) is 5.92 Å². The molecule has 0 aromatic heterocycles. The summed E-state index contributed by atoms with van der Waals surface area (Å²) in [5.41, 5.74) is 16.2. The van der Waals surface area contributed by atoms with Crippen molar-refractivity contribution in [2.45, 2.75) is 19.3 Å². The van der Waals surface area contributed by atoms with Crippen LogP contribution in [0.4, 0.5) is 0 Å². The fraction of sp³-hybridized carbons (Fsp3) is 0.857. The predicted molar refractivity (Wildman–Crippen MR) is 44.3 cm³/mol. The fourth-order valence-corrected chi connectivity index (χ4v) is 0.987. The largest absolute Gasteiger partial charge is 0.330 e. The van der Waals surface area contributed by atoms with E-state index in [0.29, 0.717) is 0 Å². The maximum Gasteiger partial charge on any atom is -0.00718 e. The third kappa shape index (κ3) is 4.73. The van der Waals surface area contributed by atoms with Crippen LogP contribution in [-0.4, -0.2) is 19.6 Å². The van der Waals surface area contributed by atoms with Crippen molar-refractivity contribution >= 4 is 0 Å². The van der Waals surface area contributed by atoms with Gasteiger partial charge < -0.3 is 17.2 Å². The molecule has 61 valence electrons. The van der Waals surface area contributed by atoms with Gasteiger partial charge in [-0.2, -0.15) is 0 Å². The molecule has 0 heterocycles. The minimum atomic E-state index is 0.718. The summed E-state index contributed by atoms with van der Waals surface area (Å²) in [6.45, 7) is 2.15. The average Bonchev–Trinajstić information content (AvgIpc) is 1.90. The van der Waals surface area contributed by atoms with Crippen molar-refractivity contribution in [3.63, 3.8) is 0 Å². The molecule has 6 N–H and O–H groups in total. The highest BCUT2D eigenvalue weighted by atomic mass is 14.6. The monoisotopic (exact) mass is 144 g/mol. The van der Waals surface area contributed by atoms with Gasteiger partial charge in [0.1, 0.15) is 0 Å². The first-order valence-corrected chi connectivity index (χ1v) is 3.79. The standard InChI is InChI=1S/C7H18N3/c8-4-1-7(2-5-9)3-6-10/h1-6,8-10H2. The quantitative estimate of drug-likeness (QED) is 0.475. The van der Waals surface area contributed by atoms with Gasteiger partial charge in [0.25, 0.3) is 0 Å². The average molecular weight is 144 g/mol. The Bertz CT molecular complexity index is 51.6. The van der Waals surface area contributed by atoms with E-state index in [2.05, 4.69) is 0 Å². The first kappa shape index (κ1) is 9.88. The van der Waals surface area contributed by atoms with Crippen LogP contribution in [-0.2, 0) is 0 Å². The highest BCUT2D eigenvalue weighted by molar-refractivity contribution is 4.90. The molecule has 0 bridgehead atoms. The Morgan fingerprint density at radius 2 is 1.00 bits per heavy atom. The first-order chi connectivity index (χ1) is 4.85. The third-order valence-electron chi connectivity index (χ3n) is 1.49. The molecule has 3 heteroatoms. The third-order valence-corrected chi connectivity index (χ3v) is 1.49. The van der Waals surface area contributed by atoms with Crippen LogP contribution in [0.5, 0.6) is 0 Å². The van der Waals surface area contributed by atoms with Crippen molar-refractivity contribution in [3.8, 4) is 0 Å². The number of nitrogens with two attached hydrogens (primary N) is 3. The van der Waals surface area contributed by atoms with Crippen LogP contribution in [0.1, 0.15) is 19.3 Å². The Morgan fingerprint density at radius 3 is 1.20 bits per heavy atom. The van der Waals surface area contributed by atoms with E-state index >= 15 is 0 Å². The van der Waals surface area contributed by atoms with E-state index in [0.717, 1.165) is 38.9 Å². The zero-order valence-electron chi connectivity index (χ0n) is 6.47. The molecule has 0 aliphatic heterocycles. The van der Waals surface area contributed by atoms with Gasteiger partial charge in [0.2, 0.25) is 0 Å². The molecule has 0 saturated heterocycles. The van der Waals surface area contributed by atoms with E-state index in [1.165, 1.54) is 5.92 Å². The summed E-state index contributed by atoms with van der Waals surface area (Å²) in [4.78, 5) is 0. The normalized spacial score (nSPS) is 10.8. The molecule has 0 fully saturated rings. The number of hydrogen-bond donors (Lipinski definition) is 3. The molecule has 0 spiro atoms. The Balaban J connectivity index is 3.30. The molecule has 0 atom stereocenters. The topological polar surface area (TPSA) is 78.1 Å². The van der Waals surface area contributed by atoms with Crippen molar-refractivity contribution in [1.82, 2.24) is 0 Å². The highest BCUT2D eigenvalue weighted by Gasteiger charge is 2.04. The molecule has 0 aromatic rings. The summed E-state index contributed by atoms with van der Waals surface area (Å²) in [5.74, 6) is 1.41. The van der Waals surface area contributed by atoms with E-state index in [1.807, 2.05) is 0 Å². The number of rotatable bonds is 6. The maximum atomic E-state index is 5.39. The summed E-state index contributed by atoms with van der Waals surface area (Å²) in [6.07, 6.45) is 2.94. The lowest BCUT2D eigenvalue weighted by molar-refractivity contribution is 0.662. The van der Waals surface area contributed by atoms with Gasteiger partial charge >= 0.3 is 0 Å². The maximum absolute atomic E-state index is 5.39. The Kier molecular flexibility index (Phi) is 6.91. The van der Waals surface area contributed by atoms with Gasteiger partial charge in [0.05, 0.1) is 0 Å². The molecule has 0 aliphatic rings. The Morgan fingerprint density at radius 1 is 0.700 bits per heavy atom. The van der Waals surface area contributed by atoms with Crippen molar-refractivity contribution in [3.05, 3.63) is 5.92 Å². The van der Waals surface area contributed by atoms with Crippen LogP contribution < -0.4 is 17.2 Å². The number of hydrogen-bond acceptors (Lipinski definition) is 3. The van der Waals surface area contributed by atoms with Gasteiger partial charge in [0.15, 0.2) is 0 Å². The van der Waals surface area contributed by atoms with E-state index in [-0.39, 0.29) is 0 Å². The molecular weight excluding hydrogens is 126 g/mol. The van der Waals surface area contributed by atoms with Gasteiger partial charge in [-0.1, -0.05) is 0 Å². The van der Waals surface area contributed by atoms with E-state index in [9.17, 15) is 0 Å². The predicted octanol–water partition coefficient (Wildman–Crippen LogP) is -0.393. The van der Waals surface area contributed by atoms with E-state index in [1.54, 1.807) is 0 Å². The smallest absolute Gasteiger partial charge is 0.00718 e. The highest BCUT2D eigenvalue weighted by Crippen LogP contribution is 2.12. The molecule has 0 amide bonds. The van der Waals surface area contributed by atoms with Gasteiger partial charge in [0, 0.05) is 0 Å². The summed E-state index contributed by atoms with van der Waals surface area (Å²) in [7, 11) is 0. The molecule has 10 heavy (non-hydrogen) atoms. The van der Waals surface area contributed by atoms with Crippen LogP contribution >= 0.6 is 0 Å². The lowest BCUT2D eigenvalue weighted by atomic mass is 9.98. The molecule has 0 saturated carbocycles. The lowest BCUT2D eigenvalue weighted by Crippen LogP contribution is -2.15. The fourth-order valence-electron chi connectivity index (χ4n) is 0.987. The molecule has 1 radical (unpaired) electrons. The summed E-state index contributed by atoms with van der Waals surface area (Å²) >= 11 is 0. The molecular formula is C7H18N3. The zero-order valence-corrected chi connectivity index (χ0v) is 6.47. The van der Waals surface area contributed by atoms with Crippen molar-refractivity contribution in [1.29, 1.82) is 0 Å². The Hall–Kier alpha value is -0.120. The van der Waals surface area contributed by atoms with Crippen molar-refractivity contribution < 1.29 is 0 Å². The van der Waals surface area contributed by atoms with Gasteiger partial charge in [-0.3, -0.25) is 0 Å². The second kappa shape index (κ2) is 6.99. The van der Waals surface area contributed by atoms with Gasteiger partial charge in [-0.25, -0.2) is 0 Å². The SMILES string of the molecule is NCC[C](CCN)CCN. The van der Waals surface area contributed by atoms with Gasteiger partial charge in [-0.05, 0) is 44.8 Å². The van der Waals surface area contributed by atoms with Crippen molar-refractivity contribution in [2.24, 2.45) is 17.2 Å². The van der Waals surface area contributed by atoms with Crippen LogP contribution in [0.2, 0.25) is 0 Å². The van der Waals surface area contributed by atoms with Crippen LogP contribution in [0.25, 0.3) is 0 Å². The van der Waals surface area contributed by atoms with Crippen LogP contribution in [0.15, 0.2) is 0 Å². The van der Waals surface area contributed by atoms with Crippen LogP contribution in [0.3, 0.4) is 0 Å². The molecule has 0 unspecified atom stereocenters. The van der Waals surface area contributed by atoms with Gasteiger partial charge in [-0.15, -0.1) is 0 Å². The first-order valence-electron chi connectivity index (χ1n) is 3.79.